The molecule has 3 heterocycles. The number of nitrogens with zero attached hydrogens (tertiary/aromatic N) is 2. The van der Waals surface area contributed by atoms with Gasteiger partial charge in [0.25, 0.3) is 0 Å². The molecule has 2 atom stereocenters. The second-order valence-electron chi connectivity index (χ2n) is 7.79. The van der Waals surface area contributed by atoms with Crippen LogP contribution < -0.4 is 0 Å². The van der Waals surface area contributed by atoms with Gasteiger partial charge in [0.05, 0.1) is 0 Å². The van der Waals surface area contributed by atoms with Gasteiger partial charge in [-0.2, -0.15) is 13.2 Å². The Kier molecular flexibility index (Phi) is 5.49. The van der Waals surface area contributed by atoms with Crippen molar-refractivity contribution in [1.29, 1.82) is 0 Å². The number of piperidine rings is 1. The highest BCUT2D eigenvalue weighted by atomic mass is 19.4. The van der Waals surface area contributed by atoms with Crippen LogP contribution in [-0.4, -0.2) is 33.8 Å². The number of Topliss-reactive ketones (excluding diaryl/α,β-unsaturated/α-hetero) is 1. The molecule has 2 aliphatic rings. The minimum absolute atomic E-state index is 0.0941. The average Bonchev–Trinajstić information content (AvgIpc) is 3.01. The first-order chi connectivity index (χ1) is 14.3. The maximum absolute atomic E-state index is 12.8. The lowest BCUT2D eigenvalue weighted by Crippen LogP contribution is -2.48. The van der Waals surface area contributed by atoms with Crippen LogP contribution >= 0.6 is 0 Å². The van der Waals surface area contributed by atoms with Crippen molar-refractivity contribution in [3.63, 3.8) is 0 Å². The summed E-state index contributed by atoms with van der Waals surface area (Å²) >= 11 is 0. The lowest BCUT2D eigenvalue weighted by molar-refractivity contribution is -0.141. The second-order valence-corrected chi connectivity index (χ2v) is 7.79. The molecule has 158 valence electrons. The van der Waals surface area contributed by atoms with Gasteiger partial charge in [-0.1, -0.05) is 30.3 Å². The van der Waals surface area contributed by atoms with Crippen molar-refractivity contribution in [2.24, 2.45) is 5.92 Å². The number of alkyl halides is 3. The molecule has 0 spiro atoms. The molecule has 0 saturated carbocycles. The van der Waals surface area contributed by atoms with Gasteiger partial charge in [-0.3, -0.25) is 9.78 Å². The van der Waals surface area contributed by atoms with E-state index in [2.05, 4.69) is 4.98 Å². The maximum Gasteiger partial charge on any atom is 0.433 e. The minimum atomic E-state index is -4.54. The molecule has 4 rings (SSSR count). The Labute approximate surface area is 171 Å². The summed E-state index contributed by atoms with van der Waals surface area (Å²) in [5.41, 5.74) is 0.0562. The Hall–Kier alpha value is -2.90. The van der Waals surface area contributed by atoms with Crippen LogP contribution in [0.4, 0.5) is 18.0 Å². The first-order valence-electron chi connectivity index (χ1n) is 9.89. The SMILES string of the molecule is O=C(c1ccc(C(F)(F)F)nc1)C1CC2CCC(C1)N2C(=O)OCc1ccccc1. The smallest absolute Gasteiger partial charge is 0.433 e. The summed E-state index contributed by atoms with van der Waals surface area (Å²) in [4.78, 5) is 30.5. The zero-order chi connectivity index (χ0) is 21.3. The number of hydrogen-bond acceptors (Lipinski definition) is 4. The molecule has 2 fully saturated rings. The van der Waals surface area contributed by atoms with E-state index in [4.69, 9.17) is 4.74 Å². The fraction of sp³-hybridized carbons (Fsp3) is 0.409. The van der Waals surface area contributed by atoms with Crippen LogP contribution in [0.15, 0.2) is 48.7 Å². The molecule has 1 amide bonds. The minimum Gasteiger partial charge on any atom is -0.445 e. The highest BCUT2D eigenvalue weighted by Gasteiger charge is 2.46. The fourth-order valence-corrected chi connectivity index (χ4v) is 4.43. The molecule has 2 saturated heterocycles. The monoisotopic (exact) mass is 418 g/mol. The maximum atomic E-state index is 12.8. The number of ether oxygens (including phenoxy) is 1. The van der Waals surface area contributed by atoms with Gasteiger partial charge < -0.3 is 9.64 Å². The zero-order valence-electron chi connectivity index (χ0n) is 16.1. The molecule has 2 aromatic rings. The lowest BCUT2D eigenvalue weighted by Gasteiger charge is -2.37. The number of halogens is 3. The molecule has 30 heavy (non-hydrogen) atoms. The van der Waals surface area contributed by atoms with Gasteiger partial charge in [0.1, 0.15) is 12.3 Å². The van der Waals surface area contributed by atoms with Crippen molar-refractivity contribution < 1.29 is 27.5 Å². The van der Waals surface area contributed by atoms with Crippen molar-refractivity contribution in [1.82, 2.24) is 9.88 Å². The van der Waals surface area contributed by atoms with Gasteiger partial charge in [0, 0.05) is 29.8 Å². The van der Waals surface area contributed by atoms with Crippen molar-refractivity contribution in [2.75, 3.05) is 0 Å². The van der Waals surface area contributed by atoms with Gasteiger partial charge in [-0.15, -0.1) is 0 Å². The summed E-state index contributed by atoms with van der Waals surface area (Å²) in [5.74, 6) is -0.551. The van der Waals surface area contributed by atoms with Gasteiger partial charge in [-0.25, -0.2) is 4.79 Å². The standard InChI is InChI=1S/C22H21F3N2O3/c23-22(24,25)19-9-6-15(12-26-19)20(28)16-10-17-7-8-18(11-16)27(17)21(29)30-13-14-4-2-1-3-5-14/h1-6,9,12,16-18H,7-8,10-11,13H2. The third kappa shape index (κ3) is 4.17. The number of benzene rings is 1. The number of pyridine rings is 1. The number of carbonyl (C=O) groups is 2. The van der Waals surface area contributed by atoms with E-state index < -0.39 is 11.9 Å². The Morgan fingerprint density at radius 1 is 1.03 bits per heavy atom. The number of amides is 1. The Morgan fingerprint density at radius 3 is 2.27 bits per heavy atom. The van der Waals surface area contributed by atoms with Crippen LogP contribution in [0.3, 0.4) is 0 Å². The number of ketones is 1. The first-order valence-corrected chi connectivity index (χ1v) is 9.89. The average molecular weight is 418 g/mol. The van der Waals surface area contributed by atoms with Crippen LogP contribution in [0, 0.1) is 5.92 Å². The van der Waals surface area contributed by atoms with Crippen LogP contribution in [0.5, 0.6) is 0 Å². The topological polar surface area (TPSA) is 59.5 Å². The predicted molar refractivity (Wildman–Crippen MR) is 102 cm³/mol. The quantitative estimate of drug-likeness (QED) is 0.665. The highest BCUT2D eigenvalue weighted by Crippen LogP contribution is 2.40. The molecule has 2 unspecified atom stereocenters. The zero-order valence-corrected chi connectivity index (χ0v) is 16.1. The van der Waals surface area contributed by atoms with E-state index in [-0.39, 0.29) is 42.0 Å². The van der Waals surface area contributed by atoms with E-state index in [9.17, 15) is 22.8 Å². The number of fused-ring (bicyclic) bond motifs is 2. The number of carbonyl (C=O) groups excluding carboxylic acids is 2. The number of aromatic nitrogens is 1. The summed E-state index contributed by atoms with van der Waals surface area (Å²) in [5, 5.41) is 0. The summed E-state index contributed by atoms with van der Waals surface area (Å²) < 4.78 is 43.5. The normalized spacial score (nSPS) is 23.3. The van der Waals surface area contributed by atoms with Crippen molar-refractivity contribution >= 4 is 11.9 Å². The van der Waals surface area contributed by atoms with Gasteiger partial charge >= 0.3 is 12.3 Å². The van der Waals surface area contributed by atoms with E-state index in [1.165, 1.54) is 6.07 Å². The predicted octanol–water partition coefficient (Wildman–Crippen LogP) is 4.86. The van der Waals surface area contributed by atoms with Crippen LogP contribution in [0.25, 0.3) is 0 Å². The molecule has 0 N–H and O–H groups in total. The third-order valence-electron chi connectivity index (χ3n) is 5.86. The Balaban J connectivity index is 1.38. The van der Waals surface area contributed by atoms with Crippen LogP contribution in [-0.2, 0) is 17.5 Å². The van der Waals surface area contributed by atoms with Crippen LogP contribution in [0.1, 0.15) is 47.3 Å². The molecule has 2 aliphatic heterocycles. The molecule has 0 radical (unpaired) electrons. The number of rotatable bonds is 4. The molecular formula is C22H21F3N2O3. The van der Waals surface area contributed by atoms with E-state index in [0.29, 0.717) is 12.8 Å². The largest absolute Gasteiger partial charge is 0.445 e. The lowest BCUT2D eigenvalue weighted by atomic mass is 9.85. The Bertz CT molecular complexity index is 901. The molecule has 5 nitrogen and oxygen atoms in total. The molecule has 2 bridgehead atoms. The van der Waals surface area contributed by atoms with Gasteiger partial charge in [-0.05, 0) is 43.4 Å². The fourth-order valence-electron chi connectivity index (χ4n) is 4.43. The Morgan fingerprint density at radius 2 is 1.70 bits per heavy atom. The summed E-state index contributed by atoms with van der Waals surface area (Å²) in [6, 6.07) is 11.2. The molecule has 8 heteroatoms. The van der Waals surface area contributed by atoms with Crippen molar-refractivity contribution in [3.05, 3.63) is 65.5 Å². The third-order valence-corrected chi connectivity index (χ3v) is 5.86. The molecule has 1 aromatic heterocycles. The second kappa shape index (κ2) is 8.08. The summed E-state index contributed by atoms with van der Waals surface area (Å²) in [7, 11) is 0. The van der Waals surface area contributed by atoms with Gasteiger partial charge in [0.15, 0.2) is 5.78 Å². The van der Waals surface area contributed by atoms with Crippen molar-refractivity contribution in [2.45, 2.75) is 50.6 Å². The van der Waals surface area contributed by atoms with E-state index in [0.717, 1.165) is 30.7 Å². The van der Waals surface area contributed by atoms with E-state index in [1.807, 2.05) is 30.3 Å². The highest BCUT2D eigenvalue weighted by molar-refractivity contribution is 5.97. The molecule has 1 aromatic carbocycles. The summed E-state index contributed by atoms with van der Waals surface area (Å²) in [6.07, 6.45) is -1.37. The van der Waals surface area contributed by atoms with E-state index in [1.54, 1.807) is 4.90 Å². The van der Waals surface area contributed by atoms with Crippen molar-refractivity contribution in [3.8, 4) is 0 Å². The molecular weight excluding hydrogens is 397 g/mol. The van der Waals surface area contributed by atoms with Gasteiger partial charge in [0.2, 0.25) is 0 Å². The summed E-state index contributed by atoms with van der Waals surface area (Å²) in [6.45, 7) is 0.190. The molecule has 0 aliphatic carbocycles. The van der Waals surface area contributed by atoms with E-state index >= 15 is 0 Å². The first kappa shape index (κ1) is 20.4. The number of hydrogen-bond donors (Lipinski definition) is 0. The van der Waals surface area contributed by atoms with Crippen LogP contribution in [0.2, 0.25) is 0 Å².